The van der Waals surface area contributed by atoms with E-state index in [4.69, 9.17) is 4.74 Å². The van der Waals surface area contributed by atoms with Crippen LogP contribution in [-0.2, 0) is 17.5 Å². The summed E-state index contributed by atoms with van der Waals surface area (Å²) in [5.74, 6) is -0.242. The number of halogens is 4. The van der Waals surface area contributed by atoms with Crippen LogP contribution in [0.15, 0.2) is 42.5 Å². The summed E-state index contributed by atoms with van der Waals surface area (Å²) >= 11 is 0. The Morgan fingerprint density at radius 1 is 1.17 bits per heavy atom. The topological polar surface area (TPSA) is 50.4 Å². The minimum atomic E-state index is -4.69. The SMILES string of the molecule is COc1ccc(C(NCC(=O)NCc2ccc(F)cc2C(F)(F)F)C2CC2)cc1. The second kappa shape index (κ2) is 8.82. The lowest BCUT2D eigenvalue weighted by molar-refractivity contribution is -0.138. The van der Waals surface area contributed by atoms with E-state index in [-0.39, 0.29) is 24.7 Å². The zero-order valence-corrected chi connectivity index (χ0v) is 15.9. The predicted molar refractivity (Wildman–Crippen MR) is 99.7 cm³/mol. The monoisotopic (exact) mass is 410 g/mol. The number of hydrogen-bond acceptors (Lipinski definition) is 3. The Kier molecular flexibility index (Phi) is 6.42. The molecule has 0 aromatic heterocycles. The summed E-state index contributed by atoms with van der Waals surface area (Å²) in [7, 11) is 1.58. The summed E-state index contributed by atoms with van der Waals surface area (Å²) in [6.07, 6.45) is -2.59. The average Bonchev–Trinajstić information content (AvgIpc) is 3.52. The van der Waals surface area contributed by atoms with E-state index in [0.717, 1.165) is 36.3 Å². The maximum absolute atomic E-state index is 13.2. The molecule has 0 radical (unpaired) electrons. The van der Waals surface area contributed by atoms with Gasteiger partial charge in [0, 0.05) is 12.6 Å². The number of benzene rings is 2. The fourth-order valence-corrected chi connectivity index (χ4v) is 3.22. The summed E-state index contributed by atoms with van der Waals surface area (Å²) in [5, 5.41) is 5.66. The van der Waals surface area contributed by atoms with Crippen LogP contribution in [0.5, 0.6) is 5.75 Å². The van der Waals surface area contributed by atoms with Crippen LogP contribution in [0.2, 0.25) is 0 Å². The van der Waals surface area contributed by atoms with E-state index in [1.807, 2.05) is 24.3 Å². The zero-order chi connectivity index (χ0) is 21.0. The van der Waals surface area contributed by atoms with E-state index in [1.165, 1.54) is 0 Å². The standard InChI is InChI=1S/C21H22F4N2O2/c1-29-17-8-5-14(6-9-17)20(13-2-3-13)27-12-19(28)26-11-15-4-7-16(22)10-18(15)21(23,24)25/h4-10,13,20,27H,2-3,11-12H2,1H3,(H,26,28). The van der Waals surface area contributed by atoms with Gasteiger partial charge in [-0.05, 0) is 54.2 Å². The summed E-state index contributed by atoms with van der Waals surface area (Å²) < 4.78 is 57.5. The van der Waals surface area contributed by atoms with Crippen molar-refractivity contribution in [3.8, 4) is 5.75 Å². The second-order valence-corrected chi connectivity index (χ2v) is 7.05. The van der Waals surface area contributed by atoms with Gasteiger partial charge < -0.3 is 15.4 Å². The number of hydrogen-bond donors (Lipinski definition) is 2. The fourth-order valence-electron chi connectivity index (χ4n) is 3.22. The molecule has 8 heteroatoms. The Bertz CT molecular complexity index is 849. The van der Waals surface area contributed by atoms with Crippen molar-refractivity contribution in [3.63, 3.8) is 0 Å². The molecule has 2 aromatic rings. The fraction of sp³-hybridized carbons (Fsp3) is 0.381. The maximum Gasteiger partial charge on any atom is 0.416 e. The number of amides is 1. The summed E-state index contributed by atoms with van der Waals surface area (Å²) in [6, 6.07) is 9.97. The smallest absolute Gasteiger partial charge is 0.416 e. The molecule has 0 saturated heterocycles. The number of carbonyl (C=O) groups is 1. The van der Waals surface area contributed by atoms with Gasteiger partial charge in [-0.25, -0.2) is 4.39 Å². The molecule has 0 aliphatic heterocycles. The molecular weight excluding hydrogens is 388 g/mol. The first-order valence-corrected chi connectivity index (χ1v) is 9.27. The van der Waals surface area contributed by atoms with Crippen LogP contribution in [0.3, 0.4) is 0 Å². The van der Waals surface area contributed by atoms with Crippen LogP contribution in [0, 0.1) is 11.7 Å². The van der Waals surface area contributed by atoms with Crippen LogP contribution in [0.25, 0.3) is 0 Å². The van der Waals surface area contributed by atoms with Gasteiger partial charge in [-0.2, -0.15) is 13.2 Å². The quantitative estimate of drug-likeness (QED) is 0.641. The van der Waals surface area contributed by atoms with Gasteiger partial charge in [0.25, 0.3) is 0 Å². The van der Waals surface area contributed by atoms with E-state index >= 15 is 0 Å². The van der Waals surface area contributed by atoms with Crippen LogP contribution < -0.4 is 15.4 Å². The minimum absolute atomic E-state index is 0.0109. The van der Waals surface area contributed by atoms with Crippen molar-refractivity contribution >= 4 is 5.91 Å². The van der Waals surface area contributed by atoms with Crippen molar-refractivity contribution in [2.24, 2.45) is 5.92 Å². The van der Waals surface area contributed by atoms with Crippen molar-refractivity contribution in [2.45, 2.75) is 31.6 Å². The van der Waals surface area contributed by atoms with E-state index in [0.29, 0.717) is 12.0 Å². The normalized spacial score (nSPS) is 15.1. The highest BCUT2D eigenvalue weighted by atomic mass is 19.4. The first-order chi connectivity index (χ1) is 13.8. The van der Waals surface area contributed by atoms with Crippen molar-refractivity contribution in [1.82, 2.24) is 10.6 Å². The molecule has 156 valence electrons. The van der Waals surface area contributed by atoms with Crippen LogP contribution in [0.4, 0.5) is 17.6 Å². The van der Waals surface area contributed by atoms with Crippen LogP contribution in [0.1, 0.15) is 35.6 Å². The predicted octanol–water partition coefficient (Wildman–Crippen LogP) is 4.21. The molecule has 1 amide bonds. The Hall–Kier alpha value is -2.61. The Morgan fingerprint density at radius 2 is 1.86 bits per heavy atom. The molecular formula is C21H22F4N2O2. The van der Waals surface area contributed by atoms with Crippen molar-refractivity contribution in [1.29, 1.82) is 0 Å². The van der Waals surface area contributed by atoms with Gasteiger partial charge in [-0.1, -0.05) is 18.2 Å². The average molecular weight is 410 g/mol. The lowest BCUT2D eigenvalue weighted by Gasteiger charge is -2.19. The van der Waals surface area contributed by atoms with Crippen molar-refractivity contribution in [2.75, 3.05) is 13.7 Å². The molecule has 29 heavy (non-hydrogen) atoms. The molecule has 4 nitrogen and oxygen atoms in total. The lowest BCUT2D eigenvalue weighted by Crippen LogP contribution is -2.36. The lowest BCUT2D eigenvalue weighted by atomic mass is 10.0. The van der Waals surface area contributed by atoms with Crippen LogP contribution in [-0.4, -0.2) is 19.6 Å². The third kappa shape index (κ3) is 5.69. The minimum Gasteiger partial charge on any atom is -0.497 e. The maximum atomic E-state index is 13.2. The van der Waals surface area contributed by atoms with Gasteiger partial charge >= 0.3 is 6.18 Å². The summed E-state index contributed by atoms with van der Waals surface area (Å²) in [4.78, 5) is 12.2. The van der Waals surface area contributed by atoms with Crippen molar-refractivity contribution in [3.05, 3.63) is 65.0 Å². The number of methoxy groups -OCH3 is 1. The van der Waals surface area contributed by atoms with Gasteiger partial charge in [0.05, 0.1) is 19.2 Å². The number of ether oxygens (including phenoxy) is 1. The largest absolute Gasteiger partial charge is 0.497 e. The van der Waals surface area contributed by atoms with Crippen LogP contribution >= 0.6 is 0 Å². The molecule has 2 N–H and O–H groups in total. The molecule has 1 aliphatic rings. The zero-order valence-electron chi connectivity index (χ0n) is 15.9. The number of carbonyl (C=O) groups excluding carboxylic acids is 1. The molecule has 1 aliphatic carbocycles. The van der Waals surface area contributed by atoms with Gasteiger partial charge in [0.2, 0.25) is 5.91 Å². The summed E-state index contributed by atoms with van der Waals surface area (Å²) in [5.41, 5.74) is -0.236. The van der Waals surface area contributed by atoms with E-state index < -0.39 is 23.5 Å². The first kappa shape index (κ1) is 21.1. The number of nitrogens with one attached hydrogen (secondary N) is 2. The number of alkyl halides is 3. The molecule has 1 atom stereocenters. The Morgan fingerprint density at radius 3 is 2.45 bits per heavy atom. The molecule has 3 rings (SSSR count). The van der Waals surface area contributed by atoms with E-state index in [9.17, 15) is 22.4 Å². The molecule has 1 unspecified atom stereocenters. The third-order valence-corrected chi connectivity index (χ3v) is 4.90. The van der Waals surface area contributed by atoms with E-state index in [1.54, 1.807) is 7.11 Å². The van der Waals surface area contributed by atoms with Gasteiger partial charge in [-0.15, -0.1) is 0 Å². The molecule has 1 fully saturated rings. The number of rotatable bonds is 8. The van der Waals surface area contributed by atoms with Gasteiger partial charge in [0.1, 0.15) is 11.6 Å². The van der Waals surface area contributed by atoms with E-state index in [2.05, 4.69) is 10.6 Å². The molecule has 0 bridgehead atoms. The highest BCUT2D eigenvalue weighted by molar-refractivity contribution is 5.78. The molecule has 0 heterocycles. The highest BCUT2D eigenvalue weighted by Gasteiger charge is 2.34. The molecule has 1 saturated carbocycles. The first-order valence-electron chi connectivity index (χ1n) is 9.27. The van der Waals surface area contributed by atoms with Crippen molar-refractivity contribution < 1.29 is 27.1 Å². The second-order valence-electron chi connectivity index (χ2n) is 7.05. The Balaban J connectivity index is 1.58. The third-order valence-electron chi connectivity index (χ3n) is 4.90. The highest BCUT2D eigenvalue weighted by Crippen LogP contribution is 2.41. The molecule has 2 aromatic carbocycles. The van der Waals surface area contributed by atoms with Gasteiger partial charge in [-0.3, -0.25) is 4.79 Å². The molecule has 0 spiro atoms. The Labute approximate surface area is 166 Å². The van der Waals surface area contributed by atoms with Gasteiger partial charge in [0.15, 0.2) is 0 Å². The summed E-state index contributed by atoms with van der Waals surface area (Å²) in [6.45, 7) is -0.359.